The number of nitrogen functional groups attached to an aromatic ring is 1. The van der Waals surface area contributed by atoms with Crippen molar-refractivity contribution in [3.8, 4) is 0 Å². The summed E-state index contributed by atoms with van der Waals surface area (Å²) in [5.74, 6) is 0.730. The Bertz CT molecular complexity index is 495. The molecule has 0 bridgehead atoms. The van der Waals surface area contributed by atoms with Gasteiger partial charge in [-0.25, -0.2) is 13.1 Å². The third-order valence-corrected chi connectivity index (χ3v) is 3.16. The molecule has 8 heteroatoms. The van der Waals surface area contributed by atoms with Gasteiger partial charge in [-0.05, 0) is 6.42 Å². The summed E-state index contributed by atoms with van der Waals surface area (Å²) in [7, 11) is -1.34. The number of nitrogens with two attached hydrogens (primary N) is 1. The largest absolute Gasteiger partial charge is 0.394 e. The van der Waals surface area contributed by atoms with Gasteiger partial charge in [0.15, 0.2) is 0 Å². The van der Waals surface area contributed by atoms with E-state index in [0.29, 0.717) is 18.8 Å². The van der Waals surface area contributed by atoms with Crippen LogP contribution in [0.25, 0.3) is 0 Å². The number of nitrogens with zero attached hydrogens (tertiary/aromatic N) is 2. The van der Waals surface area contributed by atoms with Crippen molar-refractivity contribution < 1.29 is 8.42 Å². The summed E-state index contributed by atoms with van der Waals surface area (Å²) in [4.78, 5) is 0. The molecular formula is C10H21N5O2S. The molecule has 0 fully saturated rings. The first-order valence-electron chi connectivity index (χ1n) is 5.85. The van der Waals surface area contributed by atoms with Crippen molar-refractivity contribution >= 4 is 21.5 Å². The van der Waals surface area contributed by atoms with Crippen LogP contribution in [0, 0.1) is 0 Å². The van der Waals surface area contributed by atoms with Gasteiger partial charge in [-0.15, -0.1) is 0 Å². The Hall–Kier alpha value is -1.28. The highest BCUT2D eigenvalue weighted by molar-refractivity contribution is 7.88. The van der Waals surface area contributed by atoms with Gasteiger partial charge in [-0.2, -0.15) is 5.10 Å². The Morgan fingerprint density at radius 1 is 1.39 bits per heavy atom. The topological polar surface area (TPSA) is 102 Å². The van der Waals surface area contributed by atoms with Crippen LogP contribution >= 0.6 is 0 Å². The van der Waals surface area contributed by atoms with E-state index in [4.69, 9.17) is 5.73 Å². The van der Waals surface area contributed by atoms with Crippen molar-refractivity contribution in [3.63, 3.8) is 0 Å². The predicted octanol–water partition coefficient (Wildman–Crippen LogP) is -0.0841. The molecule has 1 heterocycles. The number of aromatic nitrogens is 2. The van der Waals surface area contributed by atoms with E-state index in [1.54, 1.807) is 4.68 Å². The van der Waals surface area contributed by atoms with Crippen LogP contribution in [0.1, 0.15) is 19.0 Å². The number of aryl methyl sites for hydroxylation is 2. The number of sulfonamides is 1. The molecule has 0 unspecified atom stereocenters. The third-order valence-electron chi connectivity index (χ3n) is 2.43. The summed E-state index contributed by atoms with van der Waals surface area (Å²) in [5, 5.41) is 7.40. The zero-order valence-electron chi connectivity index (χ0n) is 11.0. The lowest BCUT2D eigenvalue weighted by Gasteiger charge is -2.07. The van der Waals surface area contributed by atoms with Gasteiger partial charge in [-0.1, -0.05) is 13.3 Å². The van der Waals surface area contributed by atoms with E-state index in [9.17, 15) is 8.42 Å². The van der Waals surface area contributed by atoms with Crippen LogP contribution < -0.4 is 15.8 Å². The number of rotatable bonds is 7. The molecule has 7 nitrogen and oxygen atoms in total. The summed E-state index contributed by atoms with van der Waals surface area (Å²) in [6.07, 6.45) is 2.95. The number of anilines is 2. The quantitative estimate of drug-likeness (QED) is 0.604. The average Bonchev–Trinajstić information content (AvgIpc) is 2.50. The maximum absolute atomic E-state index is 10.9. The smallest absolute Gasteiger partial charge is 0.208 e. The fourth-order valence-electron chi connectivity index (χ4n) is 1.64. The molecule has 1 aromatic heterocycles. The second-order valence-electron chi connectivity index (χ2n) is 4.18. The maximum atomic E-state index is 10.9. The zero-order valence-corrected chi connectivity index (χ0v) is 11.8. The first kappa shape index (κ1) is 14.8. The summed E-state index contributed by atoms with van der Waals surface area (Å²) in [6.45, 7) is 2.84. The van der Waals surface area contributed by atoms with Gasteiger partial charge in [0.2, 0.25) is 10.0 Å². The average molecular weight is 275 g/mol. The molecule has 0 amide bonds. The number of hydrogen-bond donors (Lipinski definition) is 3. The minimum Gasteiger partial charge on any atom is -0.394 e. The van der Waals surface area contributed by atoms with Crippen LogP contribution in [0.3, 0.4) is 0 Å². The lowest BCUT2D eigenvalue weighted by molar-refractivity contribution is 0.589. The van der Waals surface area contributed by atoms with Gasteiger partial charge >= 0.3 is 0 Å². The predicted molar refractivity (Wildman–Crippen MR) is 73.0 cm³/mol. The van der Waals surface area contributed by atoms with E-state index >= 15 is 0 Å². The van der Waals surface area contributed by atoms with E-state index in [1.807, 2.05) is 7.05 Å². The lowest BCUT2D eigenvalue weighted by Crippen LogP contribution is -2.28. The standard InChI is InChI=1S/C10H21N5O2S/c1-4-5-8-9(11)10(15(2)14-8)12-6-7-13-18(3,16)17/h12-13H,4-7,11H2,1-3H3. The Morgan fingerprint density at radius 2 is 2.06 bits per heavy atom. The number of nitrogens with one attached hydrogen (secondary N) is 2. The Morgan fingerprint density at radius 3 is 2.61 bits per heavy atom. The Labute approximate surface area is 108 Å². The van der Waals surface area contributed by atoms with Crippen LogP contribution in [0.2, 0.25) is 0 Å². The van der Waals surface area contributed by atoms with Gasteiger partial charge in [0.1, 0.15) is 5.82 Å². The van der Waals surface area contributed by atoms with Gasteiger partial charge in [-0.3, -0.25) is 4.68 Å². The Balaban J connectivity index is 2.57. The fraction of sp³-hybridized carbons (Fsp3) is 0.700. The van der Waals surface area contributed by atoms with Gasteiger partial charge in [0, 0.05) is 20.1 Å². The molecule has 0 saturated carbocycles. The van der Waals surface area contributed by atoms with E-state index in [-0.39, 0.29) is 0 Å². The molecule has 104 valence electrons. The van der Waals surface area contributed by atoms with Crippen molar-refractivity contribution in [3.05, 3.63) is 5.69 Å². The monoisotopic (exact) mass is 275 g/mol. The number of hydrogen-bond acceptors (Lipinski definition) is 5. The SMILES string of the molecule is CCCc1nn(C)c(NCCNS(C)(=O)=O)c1N. The van der Waals surface area contributed by atoms with Gasteiger partial charge in [0.05, 0.1) is 17.6 Å². The maximum Gasteiger partial charge on any atom is 0.208 e. The van der Waals surface area contributed by atoms with Crippen LogP contribution in [0.15, 0.2) is 0 Å². The first-order valence-corrected chi connectivity index (χ1v) is 7.74. The highest BCUT2D eigenvalue weighted by Crippen LogP contribution is 2.22. The normalized spacial score (nSPS) is 11.7. The molecule has 0 spiro atoms. The molecule has 18 heavy (non-hydrogen) atoms. The van der Waals surface area contributed by atoms with Crippen molar-refractivity contribution in [1.29, 1.82) is 0 Å². The van der Waals surface area contributed by atoms with Gasteiger partial charge < -0.3 is 11.1 Å². The van der Waals surface area contributed by atoms with Crippen molar-refractivity contribution in [2.75, 3.05) is 30.4 Å². The van der Waals surface area contributed by atoms with Gasteiger partial charge in [0.25, 0.3) is 0 Å². The van der Waals surface area contributed by atoms with Crippen LogP contribution in [-0.2, 0) is 23.5 Å². The summed E-state index contributed by atoms with van der Waals surface area (Å²) < 4.78 is 25.9. The molecule has 0 aliphatic rings. The van der Waals surface area contributed by atoms with Crippen LogP contribution in [0.4, 0.5) is 11.5 Å². The molecule has 0 saturated heterocycles. The zero-order chi connectivity index (χ0) is 13.8. The van der Waals surface area contributed by atoms with E-state index in [0.717, 1.165) is 30.6 Å². The summed E-state index contributed by atoms with van der Waals surface area (Å²) in [6, 6.07) is 0. The van der Waals surface area contributed by atoms with E-state index in [2.05, 4.69) is 22.1 Å². The van der Waals surface area contributed by atoms with Crippen molar-refractivity contribution in [1.82, 2.24) is 14.5 Å². The summed E-state index contributed by atoms with van der Waals surface area (Å²) >= 11 is 0. The molecule has 0 aliphatic heterocycles. The second kappa shape index (κ2) is 6.05. The molecule has 1 aromatic rings. The van der Waals surface area contributed by atoms with Crippen molar-refractivity contribution in [2.45, 2.75) is 19.8 Å². The minimum atomic E-state index is -3.15. The molecule has 1 rings (SSSR count). The Kier molecular flexibility index (Phi) is 4.97. The highest BCUT2D eigenvalue weighted by Gasteiger charge is 2.11. The molecular weight excluding hydrogens is 254 g/mol. The molecule has 0 radical (unpaired) electrons. The van der Waals surface area contributed by atoms with E-state index < -0.39 is 10.0 Å². The van der Waals surface area contributed by atoms with E-state index in [1.165, 1.54) is 0 Å². The van der Waals surface area contributed by atoms with Crippen LogP contribution in [-0.4, -0.2) is 37.5 Å². The van der Waals surface area contributed by atoms with Crippen LogP contribution in [0.5, 0.6) is 0 Å². The second-order valence-corrected chi connectivity index (χ2v) is 6.01. The lowest BCUT2D eigenvalue weighted by atomic mass is 10.2. The molecule has 4 N–H and O–H groups in total. The fourth-order valence-corrected chi connectivity index (χ4v) is 2.12. The minimum absolute atomic E-state index is 0.312. The molecule has 0 atom stereocenters. The first-order chi connectivity index (χ1) is 8.35. The molecule has 0 aromatic carbocycles. The molecule has 0 aliphatic carbocycles. The summed E-state index contributed by atoms with van der Waals surface area (Å²) in [5.41, 5.74) is 7.49. The third kappa shape index (κ3) is 4.19. The highest BCUT2D eigenvalue weighted by atomic mass is 32.2. The van der Waals surface area contributed by atoms with Crippen molar-refractivity contribution in [2.24, 2.45) is 7.05 Å².